The Morgan fingerprint density at radius 2 is 1.95 bits per heavy atom. The fourth-order valence-electron chi connectivity index (χ4n) is 2.59. The first-order valence-corrected chi connectivity index (χ1v) is 8.61. The predicted molar refractivity (Wildman–Crippen MR) is 91.4 cm³/mol. The Kier molecular flexibility index (Phi) is 8.02. The maximum absolute atomic E-state index is 4.11. The molecule has 0 aliphatic rings. The lowest BCUT2D eigenvalue weighted by Gasteiger charge is -2.29. The third-order valence-electron chi connectivity index (χ3n) is 4.41. The van der Waals surface area contributed by atoms with Gasteiger partial charge in [-0.25, -0.2) is 4.98 Å². The van der Waals surface area contributed by atoms with Crippen molar-refractivity contribution in [2.24, 2.45) is 11.3 Å². The molecule has 0 radical (unpaired) electrons. The summed E-state index contributed by atoms with van der Waals surface area (Å²) in [4.78, 5) is 6.73. The van der Waals surface area contributed by atoms with Gasteiger partial charge < -0.3 is 9.47 Å². The van der Waals surface area contributed by atoms with Crippen molar-refractivity contribution in [1.29, 1.82) is 0 Å². The van der Waals surface area contributed by atoms with Crippen LogP contribution in [0.15, 0.2) is 18.7 Å². The van der Waals surface area contributed by atoms with Gasteiger partial charge in [0.2, 0.25) is 0 Å². The summed E-state index contributed by atoms with van der Waals surface area (Å²) in [5.41, 5.74) is 0.399. The monoisotopic (exact) mass is 293 g/mol. The fraction of sp³-hybridized carbons (Fsp3) is 0.833. The molecule has 0 aliphatic heterocycles. The van der Waals surface area contributed by atoms with E-state index < -0.39 is 0 Å². The Morgan fingerprint density at radius 3 is 2.52 bits per heavy atom. The average Bonchev–Trinajstić information content (AvgIpc) is 2.93. The Labute approximate surface area is 131 Å². The molecule has 0 atom stereocenters. The van der Waals surface area contributed by atoms with Gasteiger partial charge in [-0.05, 0) is 56.7 Å². The van der Waals surface area contributed by atoms with E-state index in [-0.39, 0.29) is 0 Å². The Morgan fingerprint density at radius 1 is 1.19 bits per heavy atom. The van der Waals surface area contributed by atoms with E-state index in [1.165, 1.54) is 45.3 Å². The number of aryl methyl sites for hydroxylation is 1. The zero-order valence-corrected chi connectivity index (χ0v) is 14.8. The highest BCUT2D eigenvalue weighted by Crippen LogP contribution is 2.26. The minimum absolute atomic E-state index is 0.399. The topological polar surface area (TPSA) is 21.1 Å². The molecule has 0 unspecified atom stereocenters. The molecule has 0 fully saturated rings. The molecule has 0 saturated heterocycles. The fourth-order valence-corrected chi connectivity index (χ4v) is 2.59. The Balaban J connectivity index is 2.25. The summed E-state index contributed by atoms with van der Waals surface area (Å²) in [5.74, 6) is 0.829. The lowest BCUT2D eigenvalue weighted by atomic mass is 9.85. The summed E-state index contributed by atoms with van der Waals surface area (Å²) in [6, 6.07) is 0. The van der Waals surface area contributed by atoms with Crippen molar-refractivity contribution >= 4 is 0 Å². The predicted octanol–water partition coefficient (Wildman–Crippen LogP) is 4.45. The van der Waals surface area contributed by atoms with Crippen LogP contribution in [0.5, 0.6) is 0 Å². The summed E-state index contributed by atoms with van der Waals surface area (Å²) in [6.45, 7) is 16.4. The van der Waals surface area contributed by atoms with Crippen LogP contribution in [0.1, 0.15) is 60.3 Å². The minimum Gasteiger partial charge on any atom is -0.337 e. The summed E-state index contributed by atoms with van der Waals surface area (Å²) in [6.07, 6.45) is 11.0. The average molecular weight is 293 g/mol. The molecule has 0 aliphatic carbocycles. The maximum atomic E-state index is 4.11. The third kappa shape index (κ3) is 8.25. The minimum atomic E-state index is 0.399. The molecule has 0 bridgehead atoms. The third-order valence-corrected chi connectivity index (χ3v) is 4.41. The van der Waals surface area contributed by atoms with Crippen LogP contribution in [0.4, 0.5) is 0 Å². The zero-order valence-electron chi connectivity index (χ0n) is 14.8. The van der Waals surface area contributed by atoms with Crippen molar-refractivity contribution in [3.63, 3.8) is 0 Å². The summed E-state index contributed by atoms with van der Waals surface area (Å²) in [5, 5.41) is 0. The van der Waals surface area contributed by atoms with Crippen LogP contribution in [-0.2, 0) is 6.54 Å². The highest BCUT2D eigenvalue weighted by Gasteiger charge is 2.18. The van der Waals surface area contributed by atoms with Crippen LogP contribution < -0.4 is 0 Å². The number of hydrogen-bond donors (Lipinski definition) is 0. The van der Waals surface area contributed by atoms with Crippen molar-refractivity contribution in [3.8, 4) is 0 Å². The van der Waals surface area contributed by atoms with Gasteiger partial charge in [-0.2, -0.15) is 0 Å². The van der Waals surface area contributed by atoms with Crippen molar-refractivity contribution in [3.05, 3.63) is 18.7 Å². The molecule has 21 heavy (non-hydrogen) atoms. The molecule has 122 valence electrons. The van der Waals surface area contributed by atoms with Gasteiger partial charge in [0, 0.05) is 18.9 Å². The molecular formula is C18H35N3. The molecule has 0 aromatic carbocycles. The first-order chi connectivity index (χ1) is 9.93. The van der Waals surface area contributed by atoms with E-state index in [0.717, 1.165) is 12.5 Å². The second-order valence-corrected chi connectivity index (χ2v) is 7.44. The van der Waals surface area contributed by atoms with Gasteiger partial charge in [-0.1, -0.05) is 34.6 Å². The van der Waals surface area contributed by atoms with E-state index in [1.807, 2.05) is 12.5 Å². The largest absolute Gasteiger partial charge is 0.337 e. The Bertz CT molecular complexity index is 355. The smallest absolute Gasteiger partial charge is 0.0945 e. The number of rotatable bonds is 11. The molecule has 3 heteroatoms. The molecular weight excluding hydrogens is 258 g/mol. The number of imidazole rings is 1. The van der Waals surface area contributed by atoms with Gasteiger partial charge in [-0.3, -0.25) is 0 Å². The normalized spacial score (nSPS) is 12.5. The molecule has 0 amide bonds. The summed E-state index contributed by atoms with van der Waals surface area (Å²) < 4.78 is 2.18. The number of nitrogens with zero attached hydrogens (tertiary/aromatic N) is 3. The molecule has 0 spiro atoms. The van der Waals surface area contributed by atoms with Crippen molar-refractivity contribution in [2.75, 3.05) is 19.6 Å². The van der Waals surface area contributed by atoms with Gasteiger partial charge in [0.25, 0.3) is 0 Å². The first-order valence-electron chi connectivity index (χ1n) is 8.61. The van der Waals surface area contributed by atoms with Gasteiger partial charge in [0.15, 0.2) is 0 Å². The number of aromatic nitrogens is 2. The molecule has 1 heterocycles. The molecule has 1 rings (SSSR count). The van der Waals surface area contributed by atoms with E-state index in [2.05, 4.69) is 55.3 Å². The maximum Gasteiger partial charge on any atom is 0.0945 e. The van der Waals surface area contributed by atoms with E-state index >= 15 is 0 Å². The zero-order chi connectivity index (χ0) is 15.7. The molecule has 0 N–H and O–H groups in total. The van der Waals surface area contributed by atoms with Crippen LogP contribution in [0.25, 0.3) is 0 Å². The second-order valence-electron chi connectivity index (χ2n) is 7.44. The van der Waals surface area contributed by atoms with Crippen LogP contribution in [-0.4, -0.2) is 34.1 Å². The van der Waals surface area contributed by atoms with Crippen LogP contribution in [0.2, 0.25) is 0 Å². The van der Waals surface area contributed by atoms with Gasteiger partial charge in [0.05, 0.1) is 6.33 Å². The molecule has 0 saturated carbocycles. The summed E-state index contributed by atoms with van der Waals surface area (Å²) in [7, 11) is 0. The van der Waals surface area contributed by atoms with Gasteiger partial charge in [-0.15, -0.1) is 0 Å². The molecule has 1 aromatic rings. The quantitative estimate of drug-likeness (QED) is 0.601. The van der Waals surface area contributed by atoms with Gasteiger partial charge >= 0.3 is 0 Å². The van der Waals surface area contributed by atoms with E-state index in [0.29, 0.717) is 5.41 Å². The SMILES string of the molecule is CCN(CCCC(C)C)CCC(C)(C)CCn1ccnc1. The standard InChI is InChI=1S/C18H35N3/c1-6-20(12-7-8-17(2)3)13-9-18(4,5)10-14-21-15-11-19-16-21/h11,15-17H,6-10,12-14H2,1-5H3. The second kappa shape index (κ2) is 9.24. The Hall–Kier alpha value is -0.830. The van der Waals surface area contributed by atoms with Crippen molar-refractivity contribution in [2.45, 2.75) is 66.8 Å². The van der Waals surface area contributed by atoms with Crippen LogP contribution in [0, 0.1) is 11.3 Å². The first kappa shape index (κ1) is 18.2. The van der Waals surface area contributed by atoms with Gasteiger partial charge in [0.1, 0.15) is 0 Å². The lowest BCUT2D eigenvalue weighted by molar-refractivity contribution is 0.205. The van der Waals surface area contributed by atoms with E-state index in [4.69, 9.17) is 0 Å². The van der Waals surface area contributed by atoms with E-state index in [9.17, 15) is 0 Å². The molecule has 1 aromatic heterocycles. The van der Waals surface area contributed by atoms with Crippen molar-refractivity contribution in [1.82, 2.24) is 14.5 Å². The van der Waals surface area contributed by atoms with Crippen LogP contribution in [0.3, 0.4) is 0 Å². The van der Waals surface area contributed by atoms with Crippen LogP contribution >= 0.6 is 0 Å². The molecule has 3 nitrogen and oxygen atoms in total. The lowest BCUT2D eigenvalue weighted by Crippen LogP contribution is -2.29. The van der Waals surface area contributed by atoms with Crippen molar-refractivity contribution < 1.29 is 0 Å². The van der Waals surface area contributed by atoms with E-state index in [1.54, 1.807) is 0 Å². The number of hydrogen-bond acceptors (Lipinski definition) is 2. The highest BCUT2D eigenvalue weighted by atomic mass is 15.1. The summed E-state index contributed by atoms with van der Waals surface area (Å²) >= 11 is 0. The highest BCUT2D eigenvalue weighted by molar-refractivity contribution is 4.77.